The van der Waals surface area contributed by atoms with Crippen LogP contribution in [-0.2, 0) is 9.53 Å². The number of carbonyl (C=O) groups excluding carboxylic acids is 1. The van der Waals surface area contributed by atoms with Crippen LogP contribution < -0.4 is 10.2 Å². The fraction of sp³-hybridized carbons (Fsp3) is 0.458. The lowest BCUT2D eigenvalue weighted by Gasteiger charge is -2.32. The number of benzene rings is 1. The predicted octanol–water partition coefficient (Wildman–Crippen LogP) is 3.81. The first-order chi connectivity index (χ1) is 15.5. The van der Waals surface area contributed by atoms with Crippen LogP contribution in [0.4, 0.5) is 5.95 Å². The molecule has 1 aromatic carbocycles. The molecule has 5 rings (SSSR count). The highest BCUT2D eigenvalue weighted by molar-refractivity contribution is 6.30. The molecular weight excluding hydrogens is 426 g/mol. The van der Waals surface area contributed by atoms with Crippen molar-refractivity contribution < 1.29 is 9.53 Å². The molecule has 3 aromatic rings. The highest BCUT2D eigenvalue weighted by Crippen LogP contribution is 2.31. The van der Waals surface area contributed by atoms with Gasteiger partial charge in [0.2, 0.25) is 11.9 Å². The van der Waals surface area contributed by atoms with E-state index < -0.39 is 0 Å². The van der Waals surface area contributed by atoms with Crippen LogP contribution >= 0.6 is 11.6 Å². The van der Waals surface area contributed by atoms with Gasteiger partial charge >= 0.3 is 0 Å². The Balaban J connectivity index is 1.42. The van der Waals surface area contributed by atoms with Crippen molar-refractivity contribution in [2.45, 2.75) is 39.2 Å². The van der Waals surface area contributed by atoms with Gasteiger partial charge in [-0.2, -0.15) is 0 Å². The predicted molar refractivity (Wildman–Crippen MR) is 126 cm³/mol. The SMILES string of the molecule is Cc1cc2nc(N3CCC(C(=O)NC4CCOC4)CC3)n(-c3ccc(Cl)cn3)c2cc1C. The van der Waals surface area contributed by atoms with E-state index in [1.165, 1.54) is 11.1 Å². The Bertz CT molecular complexity index is 1130. The van der Waals surface area contributed by atoms with Crippen molar-refractivity contribution in [3.8, 4) is 5.82 Å². The summed E-state index contributed by atoms with van der Waals surface area (Å²) in [6, 6.07) is 8.23. The average Bonchev–Trinajstić information content (AvgIpc) is 3.43. The van der Waals surface area contributed by atoms with E-state index >= 15 is 0 Å². The molecule has 32 heavy (non-hydrogen) atoms. The zero-order valence-electron chi connectivity index (χ0n) is 18.5. The molecule has 0 aliphatic carbocycles. The molecule has 2 aliphatic rings. The molecule has 2 aliphatic heterocycles. The summed E-state index contributed by atoms with van der Waals surface area (Å²) in [7, 11) is 0. The minimum atomic E-state index is 0.0304. The van der Waals surface area contributed by atoms with E-state index in [0.29, 0.717) is 11.6 Å². The summed E-state index contributed by atoms with van der Waals surface area (Å²) in [6.45, 7) is 7.12. The minimum absolute atomic E-state index is 0.0304. The molecule has 2 aromatic heterocycles. The zero-order chi connectivity index (χ0) is 22.2. The molecule has 8 heteroatoms. The molecule has 7 nitrogen and oxygen atoms in total. The van der Waals surface area contributed by atoms with E-state index in [9.17, 15) is 4.79 Å². The number of hydrogen-bond acceptors (Lipinski definition) is 5. The number of imidazole rings is 1. The van der Waals surface area contributed by atoms with Gasteiger partial charge in [0.25, 0.3) is 0 Å². The zero-order valence-corrected chi connectivity index (χ0v) is 19.2. The lowest BCUT2D eigenvalue weighted by atomic mass is 9.95. The number of nitrogens with zero attached hydrogens (tertiary/aromatic N) is 4. The summed E-state index contributed by atoms with van der Waals surface area (Å²) in [5.41, 5.74) is 4.40. The van der Waals surface area contributed by atoms with E-state index in [-0.39, 0.29) is 17.9 Å². The third kappa shape index (κ3) is 4.07. The second-order valence-electron chi connectivity index (χ2n) is 8.84. The van der Waals surface area contributed by atoms with Gasteiger partial charge in [-0.25, -0.2) is 9.97 Å². The Morgan fingerprint density at radius 2 is 1.94 bits per heavy atom. The third-order valence-corrected chi connectivity index (χ3v) is 6.84. The maximum Gasteiger partial charge on any atom is 0.223 e. The number of fused-ring (bicyclic) bond motifs is 1. The molecule has 168 valence electrons. The van der Waals surface area contributed by atoms with Gasteiger partial charge in [-0.15, -0.1) is 0 Å². The molecule has 0 spiro atoms. The van der Waals surface area contributed by atoms with Crippen molar-refractivity contribution in [1.29, 1.82) is 0 Å². The lowest BCUT2D eigenvalue weighted by Crippen LogP contribution is -2.44. The first kappa shape index (κ1) is 21.2. The van der Waals surface area contributed by atoms with Crippen LogP contribution in [0.25, 0.3) is 16.9 Å². The third-order valence-electron chi connectivity index (χ3n) is 6.62. The summed E-state index contributed by atoms with van der Waals surface area (Å²) in [6.07, 6.45) is 4.17. The summed E-state index contributed by atoms with van der Waals surface area (Å²) in [5.74, 6) is 1.83. The first-order valence-corrected chi connectivity index (χ1v) is 11.6. The molecule has 0 bridgehead atoms. The molecule has 2 saturated heterocycles. The standard InChI is InChI=1S/C24H28ClN5O2/c1-15-11-20-21(12-16(15)2)30(22-4-3-18(25)13-26-22)24(28-20)29-8-5-17(6-9-29)23(31)27-19-7-10-32-14-19/h3-4,11-13,17,19H,5-10,14H2,1-2H3,(H,27,31). The van der Waals surface area contributed by atoms with Gasteiger partial charge in [0.1, 0.15) is 5.82 Å². The van der Waals surface area contributed by atoms with E-state index in [1.807, 2.05) is 12.1 Å². The van der Waals surface area contributed by atoms with Gasteiger partial charge in [0.05, 0.1) is 28.7 Å². The number of aromatic nitrogens is 3. The molecule has 2 fully saturated rings. The van der Waals surface area contributed by atoms with Crippen LogP contribution in [0.3, 0.4) is 0 Å². The van der Waals surface area contributed by atoms with E-state index in [1.54, 1.807) is 6.20 Å². The Kier molecular flexibility index (Phi) is 5.78. The quantitative estimate of drug-likeness (QED) is 0.650. The maximum atomic E-state index is 12.7. The summed E-state index contributed by atoms with van der Waals surface area (Å²) in [4.78, 5) is 24.5. The monoisotopic (exact) mass is 453 g/mol. The van der Waals surface area contributed by atoms with Crippen LogP contribution in [-0.4, -0.2) is 52.8 Å². The fourth-order valence-corrected chi connectivity index (χ4v) is 4.68. The van der Waals surface area contributed by atoms with Gasteiger partial charge in [-0.05, 0) is 68.5 Å². The highest BCUT2D eigenvalue weighted by Gasteiger charge is 2.30. The number of hydrogen-bond donors (Lipinski definition) is 1. The molecule has 0 saturated carbocycles. The Morgan fingerprint density at radius 3 is 2.62 bits per heavy atom. The number of carbonyl (C=O) groups is 1. The number of amides is 1. The lowest BCUT2D eigenvalue weighted by molar-refractivity contribution is -0.126. The molecule has 1 unspecified atom stereocenters. The molecular formula is C24H28ClN5O2. The van der Waals surface area contributed by atoms with Crippen LogP contribution in [0.2, 0.25) is 5.02 Å². The van der Waals surface area contributed by atoms with Crippen LogP contribution in [0.15, 0.2) is 30.5 Å². The van der Waals surface area contributed by atoms with Crippen molar-refractivity contribution >= 4 is 34.5 Å². The van der Waals surface area contributed by atoms with E-state index in [0.717, 1.165) is 61.8 Å². The number of halogens is 1. The number of anilines is 1. The Hall–Kier alpha value is -2.64. The number of aryl methyl sites for hydroxylation is 2. The van der Waals surface area contributed by atoms with Crippen molar-refractivity contribution in [3.63, 3.8) is 0 Å². The second-order valence-corrected chi connectivity index (χ2v) is 9.27. The minimum Gasteiger partial charge on any atom is -0.379 e. The van der Waals surface area contributed by atoms with Gasteiger partial charge in [0, 0.05) is 31.8 Å². The van der Waals surface area contributed by atoms with E-state index in [2.05, 4.69) is 45.7 Å². The Labute approximate surface area is 192 Å². The maximum absolute atomic E-state index is 12.7. The average molecular weight is 454 g/mol. The number of pyridine rings is 1. The highest BCUT2D eigenvalue weighted by atomic mass is 35.5. The number of nitrogens with one attached hydrogen (secondary N) is 1. The second kappa shape index (κ2) is 8.71. The van der Waals surface area contributed by atoms with Crippen molar-refractivity contribution in [2.75, 3.05) is 31.2 Å². The molecule has 4 heterocycles. The summed E-state index contributed by atoms with van der Waals surface area (Å²) in [5, 5.41) is 3.76. The molecule has 1 amide bonds. The van der Waals surface area contributed by atoms with Gasteiger partial charge in [-0.1, -0.05) is 11.6 Å². The first-order valence-electron chi connectivity index (χ1n) is 11.2. The normalized spacial score (nSPS) is 19.6. The summed E-state index contributed by atoms with van der Waals surface area (Å²) < 4.78 is 7.49. The van der Waals surface area contributed by atoms with Crippen molar-refractivity contribution in [2.24, 2.45) is 5.92 Å². The smallest absolute Gasteiger partial charge is 0.223 e. The van der Waals surface area contributed by atoms with Gasteiger partial charge < -0.3 is 15.0 Å². The van der Waals surface area contributed by atoms with Crippen molar-refractivity contribution in [3.05, 3.63) is 46.6 Å². The number of ether oxygens (including phenoxy) is 1. The molecule has 1 atom stereocenters. The van der Waals surface area contributed by atoms with Crippen LogP contribution in [0, 0.1) is 19.8 Å². The van der Waals surface area contributed by atoms with Crippen molar-refractivity contribution in [1.82, 2.24) is 19.9 Å². The van der Waals surface area contributed by atoms with Crippen LogP contribution in [0.5, 0.6) is 0 Å². The van der Waals surface area contributed by atoms with Crippen LogP contribution in [0.1, 0.15) is 30.4 Å². The fourth-order valence-electron chi connectivity index (χ4n) is 4.57. The van der Waals surface area contributed by atoms with Gasteiger partial charge in [-0.3, -0.25) is 9.36 Å². The molecule has 1 N–H and O–H groups in total. The van der Waals surface area contributed by atoms with E-state index in [4.69, 9.17) is 21.3 Å². The number of rotatable bonds is 4. The topological polar surface area (TPSA) is 72.3 Å². The Morgan fingerprint density at radius 1 is 1.16 bits per heavy atom. The molecule has 0 radical (unpaired) electrons. The van der Waals surface area contributed by atoms with Gasteiger partial charge in [0.15, 0.2) is 0 Å². The number of piperidine rings is 1. The summed E-state index contributed by atoms with van der Waals surface area (Å²) >= 11 is 6.09. The largest absolute Gasteiger partial charge is 0.379 e.